The fourth-order valence-electron chi connectivity index (χ4n) is 1.80. The number of hydrogen-bond acceptors (Lipinski definition) is 3. The zero-order chi connectivity index (χ0) is 11.5. The third-order valence-corrected chi connectivity index (χ3v) is 2.87. The minimum Gasteiger partial charge on any atom is -0.360 e. The lowest BCUT2D eigenvalue weighted by Crippen LogP contribution is -2.56. The fourth-order valence-corrected chi connectivity index (χ4v) is 1.93. The molecule has 0 saturated carbocycles. The number of nitrogens with one attached hydrogen (secondary N) is 1. The molecule has 3 N–H and O–H groups in total. The van der Waals surface area contributed by atoms with Crippen molar-refractivity contribution < 1.29 is 4.79 Å². The van der Waals surface area contributed by atoms with Crippen LogP contribution in [0.2, 0.25) is 5.02 Å². The lowest BCUT2D eigenvalue weighted by atomic mass is 10.2. The van der Waals surface area contributed by atoms with Crippen LogP contribution in [0.5, 0.6) is 0 Å². The predicted octanol–water partition coefficient (Wildman–Crippen LogP) is 0.603. The van der Waals surface area contributed by atoms with Crippen LogP contribution in [-0.2, 0) is 4.79 Å². The van der Waals surface area contributed by atoms with Crippen molar-refractivity contribution in [3.05, 3.63) is 29.3 Å². The molecule has 0 spiro atoms. The molecule has 1 fully saturated rings. The number of nitrogens with zero attached hydrogens (tertiary/aromatic N) is 1. The predicted molar refractivity (Wildman–Crippen MR) is 64.7 cm³/mol. The van der Waals surface area contributed by atoms with Gasteiger partial charge < -0.3 is 16.0 Å². The normalized spacial score (nSPS) is 20.8. The SMILES string of the molecule is NCC1CN(c2ccc(Cl)cc2)CC(=O)N1. The summed E-state index contributed by atoms with van der Waals surface area (Å²) in [5.41, 5.74) is 6.57. The van der Waals surface area contributed by atoms with Crippen LogP contribution >= 0.6 is 11.6 Å². The van der Waals surface area contributed by atoms with Gasteiger partial charge in [-0.25, -0.2) is 0 Å². The molecule has 1 unspecified atom stereocenters. The van der Waals surface area contributed by atoms with E-state index < -0.39 is 0 Å². The number of rotatable bonds is 2. The number of carbonyl (C=O) groups is 1. The highest BCUT2D eigenvalue weighted by Gasteiger charge is 2.23. The van der Waals surface area contributed by atoms with E-state index >= 15 is 0 Å². The van der Waals surface area contributed by atoms with Gasteiger partial charge in [-0.05, 0) is 24.3 Å². The first-order chi connectivity index (χ1) is 7.69. The molecule has 86 valence electrons. The Bertz CT molecular complexity index is 379. The minimum atomic E-state index is 0.0108. The Morgan fingerprint density at radius 1 is 1.44 bits per heavy atom. The molecular weight excluding hydrogens is 226 g/mol. The number of halogens is 1. The van der Waals surface area contributed by atoms with Crippen molar-refractivity contribution >= 4 is 23.2 Å². The summed E-state index contributed by atoms with van der Waals surface area (Å²) in [6.45, 7) is 1.57. The quantitative estimate of drug-likeness (QED) is 0.795. The molecule has 1 heterocycles. The molecule has 0 aliphatic carbocycles. The Labute approximate surface area is 99.4 Å². The van der Waals surface area contributed by atoms with Crippen LogP contribution in [0.3, 0.4) is 0 Å². The third-order valence-electron chi connectivity index (χ3n) is 2.62. The first kappa shape index (κ1) is 11.2. The van der Waals surface area contributed by atoms with Crippen LogP contribution in [0.1, 0.15) is 0 Å². The van der Waals surface area contributed by atoms with Gasteiger partial charge in [-0.3, -0.25) is 4.79 Å². The smallest absolute Gasteiger partial charge is 0.239 e. The van der Waals surface area contributed by atoms with E-state index in [4.69, 9.17) is 17.3 Å². The third kappa shape index (κ3) is 2.46. The first-order valence-corrected chi connectivity index (χ1v) is 5.57. The molecule has 1 aliphatic heterocycles. The second-order valence-electron chi connectivity index (χ2n) is 3.86. The number of nitrogens with two attached hydrogens (primary N) is 1. The molecular formula is C11H14ClN3O. The lowest BCUT2D eigenvalue weighted by Gasteiger charge is -2.34. The summed E-state index contributed by atoms with van der Waals surface area (Å²) in [6.07, 6.45) is 0. The number of anilines is 1. The summed E-state index contributed by atoms with van der Waals surface area (Å²) in [4.78, 5) is 13.5. The van der Waals surface area contributed by atoms with E-state index in [0.717, 1.165) is 12.2 Å². The fraction of sp³-hybridized carbons (Fsp3) is 0.364. The summed E-state index contributed by atoms with van der Waals surface area (Å²) in [7, 11) is 0. The molecule has 0 aromatic heterocycles. The van der Waals surface area contributed by atoms with Crippen molar-refractivity contribution in [1.29, 1.82) is 0 Å². The maximum Gasteiger partial charge on any atom is 0.239 e. The zero-order valence-electron chi connectivity index (χ0n) is 8.82. The molecule has 0 radical (unpaired) electrons. The van der Waals surface area contributed by atoms with Gasteiger partial charge in [0.2, 0.25) is 5.91 Å². The van der Waals surface area contributed by atoms with Crippen LogP contribution in [0, 0.1) is 0 Å². The van der Waals surface area contributed by atoms with Gasteiger partial charge in [0, 0.05) is 23.8 Å². The summed E-state index contributed by atoms with van der Waals surface area (Å²) < 4.78 is 0. The standard InChI is InChI=1S/C11H14ClN3O/c12-8-1-3-10(4-2-8)15-6-9(5-13)14-11(16)7-15/h1-4,9H,5-7,13H2,(H,14,16). The minimum absolute atomic E-state index is 0.0108. The highest BCUT2D eigenvalue weighted by atomic mass is 35.5. The van der Waals surface area contributed by atoms with E-state index in [-0.39, 0.29) is 11.9 Å². The summed E-state index contributed by atoms with van der Waals surface area (Å²) in [5, 5.41) is 3.54. The number of carbonyl (C=O) groups excluding carboxylic acids is 1. The van der Waals surface area contributed by atoms with Crippen molar-refractivity contribution in [3.8, 4) is 0 Å². The lowest BCUT2D eigenvalue weighted by molar-refractivity contribution is -0.121. The largest absolute Gasteiger partial charge is 0.360 e. The Balaban J connectivity index is 2.14. The van der Waals surface area contributed by atoms with E-state index in [9.17, 15) is 4.79 Å². The molecule has 1 aliphatic rings. The van der Waals surface area contributed by atoms with Crippen molar-refractivity contribution in [3.63, 3.8) is 0 Å². The second kappa shape index (κ2) is 4.72. The van der Waals surface area contributed by atoms with Crippen molar-refractivity contribution in [2.24, 2.45) is 5.73 Å². The van der Waals surface area contributed by atoms with Crippen LogP contribution in [0.4, 0.5) is 5.69 Å². The second-order valence-corrected chi connectivity index (χ2v) is 4.29. The van der Waals surface area contributed by atoms with E-state index in [1.54, 1.807) is 0 Å². The van der Waals surface area contributed by atoms with Crippen molar-refractivity contribution in [2.45, 2.75) is 6.04 Å². The van der Waals surface area contributed by atoms with Gasteiger partial charge in [-0.2, -0.15) is 0 Å². The number of hydrogen-bond donors (Lipinski definition) is 2. The first-order valence-electron chi connectivity index (χ1n) is 5.19. The van der Waals surface area contributed by atoms with Gasteiger partial charge >= 0.3 is 0 Å². The average Bonchev–Trinajstić information content (AvgIpc) is 2.29. The monoisotopic (exact) mass is 239 g/mol. The molecule has 2 rings (SSSR count). The van der Waals surface area contributed by atoms with Gasteiger partial charge in [0.1, 0.15) is 0 Å². The Hall–Kier alpha value is -1.26. The van der Waals surface area contributed by atoms with E-state index in [1.807, 2.05) is 29.2 Å². The number of benzene rings is 1. The number of amides is 1. The summed E-state index contributed by atoms with van der Waals surface area (Å²) in [5.74, 6) is 0.0108. The molecule has 1 atom stereocenters. The average molecular weight is 240 g/mol. The van der Waals surface area contributed by atoms with Crippen molar-refractivity contribution in [2.75, 3.05) is 24.5 Å². The summed E-state index contributed by atoms with van der Waals surface area (Å²) >= 11 is 5.82. The topological polar surface area (TPSA) is 58.4 Å². The molecule has 0 bridgehead atoms. The molecule has 4 nitrogen and oxygen atoms in total. The molecule has 16 heavy (non-hydrogen) atoms. The van der Waals surface area contributed by atoms with Crippen LogP contribution in [0.25, 0.3) is 0 Å². The van der Waals surface area contributed by atoms with E-state index in [2.05, 4.69) is 5.32 Å². The van der Waals surface area contributed by atoms with Gasteiger partial charge in [0.05, 0.1) is 12.6 Å². The molecule has 1 saturated heterocycles. The van der Waals surface area contributed by atoms with E-state index in [1.165, 1.54) is 0 Å². The molecule has 1 aromatic rings. The number of piperazine rings is 1. The Kier molecular flexibility index (Phi) is 3.31. The molecule has 1 aromatic carbocycles. The Morgan fingerprint density at radius 2 is 2.12 bits per heavy atom. The molecule has 5 heteroatoms. The Morgan fingerprint density at radius 3 is 2.75 bits per heavy atom. The van der Waals surface area contributed by atoms with Crippen LogP contribution in [-0.4, -0.2) is 31.6 Å². The summed E-state index contributed by atoms with van der Waals surface area (Å²) in [6, 6.07) is 7.49. The zero-order valence-corrected chi connectivity index (χ0v) is 9.57. The van der Waals surface area contributed by atoms with Gasteiger partial charge in [0.25, 0.3) is 0 Å². The maximum atomic E-state index is 11.4. The van der Waals surface area contributed by atoms with Crippen LogP contribution < -0.4 is 16.0 Å². The van der Waals surface area contributed by atoms with Crippen LogP contribution in [0.15, 0.2) is 24.3 Å². The van der Waals surface area contributed by atoms with Gasteiger partial charge in [-0.15, -0.1) is 0 Å². The highest BCUT2D eigenvalue weighted by Crippen LogP contribution is 2.19. The van der Waals surface area contributed by atoms with E-state index in [0.29, 0.717) is 18.1 Å². The van der Waals surface area contributed by atoms with Gasteiger partial charge in [0.15, 0.2) is 0 Å². The van der Waals surface area contributed by atoms with Gasteiger partial charge in [-0.1, -0.05) is 11.6 Å². The highest BCUT2D eigenvalue weighted by molar-refractivity contribution is 6.30. The molecule has 1 amide bonds. The maximum absolute atomic E-state index is 11.4. The van der Waals surface area contributed by atoms with Crippen molar-refractivity contribution in [1.82, 2.24) is 5.32 Å².